The molecule has 17 heavy (non-hydrogen) atoms. The molecule has 2 heterocycles. The molecule has 1 aromatic rings. The summed E-state index contributed by atoms with van der Waals surface area (Å²) in [6.07, 6.45) is 0.600. The first-order valence-corrected chi connectivity index (χ1v) is 5.26. The highest BCUT2D eigenvalue weighted by Gasteiger charge is 2.32. The van der Waals surface area contributed by atoms with Gasteiger partial charge < -0.3 is 26.3 Å². The molecule has 0 amide bonds. The minimum absolute atomic E-state index is 0.109. The highest BCUT2D eigenvalue weighted by molar-refractivity contribution is 5.50. The fourth-order valence-corrected chi connectivity index (χ4v) is 1.62. The maximum absolute atomic E-state index is 10.0. The molecule has 0 bridgehead atoms. The number of rotatable bonds is 4. The molecule has 7 N–H and O–H groups in total. The maximum Gasteiger partial charge on any atom is 0.223 e. The molecule has 0 spiro atoms. The number of nitrogen functional groups attached to an aromatic ring is 2. The van der Waals surface area contributed by atoms with Gasteiger partial charge in [0.05, 0.1) is 6.61 Å². The van der Waals surface area contributed by atoms with E-state index in [1.807, 2.05) is 0 Å². The predicted octanol–water partition coefficient (Wildman–Crippen LogP) is -1.09. The molecule has 1 aliphatic heterocycles. The fraction of sp³-hybridized carbons (Fsp3) is 0.556. The van der Waals surface area contributed by atoms with Gasteiger partial charge in [0.25, 0.3) is 0 Å². The van der Waals surface area contributed by atoms with E-state index in [-0.39, 0.29) is 5.95 Å². The molecule has 94 valence electrons. The van der Waals surface area contributed by atoms with Crippen LogP contribution in [0.15, 0.2) is 6.07 Å². The van der Waals surface area contributed by atoms with E-state index in [1.165, 1.54) is 0 Å². The van der Waals surface area contributed by atoms with Crippen molar-refractivity contribution in [1.82, 2.24) is 9.97 Å². The molecule has 1 fully saturated rings. The van der Waals surface area contributed by atoms with Crippen molar-refractivity contribution in [2.75, 3.05) is 36.2 Å². The van der Waals surface area contributed by atoms with Crippen molar-refractivity contribution >= 4 is 17.6 Å². The zero-order valence-corrected chi connectivity index (χ0v) is 9.31. The van der Waals surface area contributed by atoms with Crippen molar-refractivity contribution in [2.45, 2.75) is 12.0 Å². The van der Waals surface area contributed by atoms with Crippen molar-refractivity contribution in [3.05, 3.63) is 6.07 Å². The Hall–Kier alpha value is -1.64. The zero-order chi connectivity index (χ0) is 12.3. The standard InChI is InChI=1S/C9H16N6O2/c10-8-13-6(3-7(14-8)15-11)12-4-9(16)1-2-17-5-9/h3,16H,1-2,4-5,11H2,(H4,10,12,13,14,15). The van der Waals surface area contributed by atoms with Crippen LogP contribution in [0.2, 0.25) is 0 Å². The number of aliphatic hydroxyl groups is 1. The number of hydrogen-bond acceptors (Lipinski definition) is 8. The average Bonchev–Trinajstić information content (AvgIpc) is 2.73. The molecule has 8 nitrogen and oxygen atoms in total. The van der Waals surface area contributed by atoms with Crippen LogP contribution in [-0.4, -0.2) is 40.4 Å². The molecule has 1 saturated heterocycles. The van der Waals surface area contributed by atoms with E-state index in [0.717, 1.165) is 0 Å². The van der Waals surface area contributed by atoms with Gasteiger partial charge in [-0.15, -0.1) is 0 Å². The number of anilines is 3. The molecule has 0 aromatic carbocycles. The normalized spacial score (nSPS) is 23.6. The summed E-state index contributed by atoms with van der Waals surface area (Å²) in [5, 5.41) is 13.0. The summed E-state index contributed by atoms with van der Waals surface area (Å²) >= 11 is 0. The number of aromatic nitrogens is 2. The van der Waals surface area contributed by atoms with Crippen LogP contribution in [0, 0.1) is 0 Å². The Bertz CT molecular complexity index is 393. The Morgan fingerprint density at radius 1 is 1.47 bits per heavy atom. The van der Waals surface area contributed by atoms with Crippen LogP contribution in [0.25, 0.3) is 0 Å². The minimum Gasteiger partial charge on any atom is -0.386 e. The van der Waals surface area contributed by atoms with E-state index < -0.39 is 5.60 Å². The van der Waals surface area contributed by atoms with Gasteiger partial charge in [-0.2, -0.15) is 9.97 Å². The summed E-state index contributed by atoms with van der Waals surface area (Å²) in [6.45, 7) is 1.23. The zero-order valence-electron chi connectivity index (χ0n) is 9.31. The van der Waals surface area contributed by atoms with Crippen molar-refractivity contribution < 1.29 is 9.84 Å². The number of nitrogens with one attached hydrogen (secondary N) is 2. The topological polar surface area (TPSA) is 131 Å². The summed E-state index contributed by atoms with van der Waals surface area (Å²) in [5.41, 5.74) is 7.04. The highest BCUT2D eigenvalue weighted by Crippen LogP contribution is 2.19. The molecular formula is C9H16N6O2. The van der Waals surface area contributed by atoms with Crippen molar-refractivity contribution in [3.63, 3.8) is 0 Å². The lowest BCUT2D eigenvalue weighted by Crippen LogP contribution is -2.37. The first-order valence-electron chi connectivity index (χ1n) is 5.26. The van der Waals surface area contributed by atoms with Crippen LogP contribution in [0.5, 0.6) is 0 Å². The number of ether oxygens (including phenoxy) is 1. The third kappa shape index (κ3) is 2.93. The molecular weight excluding hydrogens is 224 g/mol. The quantitative estimate of drug-likeness (QED) is 0.331. The van der Waals surface area contributed by atoms with Crippen molar-refractivity contribution in [1.29, 1.82) is 0 Å². The number of hydrazine groups is 1. The second kappa shape index (κ2) is 4.70. The van der Waals surface area contributed by atoms with Gasteiger partial charge in [0.1, 0.15) is 17.2 Å². The van der Waals surface area contributed by atoms with Crippen LogP contribution < -0.4 is 22.3 Å². The molecule has 1 aromatic heterocycles. The summed E-state index contributed by atoms with van der Waals surface area (Å²) in [6, 6.07) is 1.61. The van der Waals surface area contributed by atoms with E-state index in [4.69, 9.17) is 16.3 Å². The van der Waals surface area contributed by atoms with Crippen LogP contribution in [-0.2, 0) is 4.74 Å². The molecule has 1 aliphatic rings. The fourth-order valence-electron chi connectivity index (χ4n) is 1.62. The monoisotopic (exact) mass is 240 g/mol. The van der Waals surface area contributed by atoms with Gasteiger partial charge in [0.15, 0.2) is 0 Å². The Labute approximate surface area is 98.3 Å². The van der Waals surface area contributed by atoms with Gasteiger partial charge in [-0.1, -0.05) is 0 Å². The van der Waals surface area contributed by atoms with Gasteiger partial charge in [-0.3, -0.25) is 0 Å². The first-order chi connectivity index (χ1) is 8.11. The van der Waals surface area contributed by atoms with E-state index in [9.17, 15) is 5.11 Å². The number of nitrogens with two attached hydrogens (primary N) is 2. The summed E-state index contributed by atoms with van der Waals surface area (Å²) in [7, 11) is 0. The van der Waals surface area contributed by atoms with Crippen LogP contribution in [0.4, 0.5) is 17.6 Å². The molecule has 8 heteroatoms. The van der Waals surface area contributed by atoms with Gasteiger partial charge in [0, 0.05) is 25.6 Å². The van der Waals surface area contributed by atoms with Gasteiger partial charge >= 0.3 is 0 Å². The molecule has 0 saturated carbocycles. The smallest absolute Gasteiger partial charge is 0.223 e. The van der Waals surface area contributed by atoms with E-state index in [0.29, 0.717) is 37.8 Å². The average molecular weight is 240 g/mol. The molecule has 0 aliphatic carbocycles. The Morgan fingerprint density at radius 2 is 2.24 bits per heavy atom. The second-order valence-corrected chi connectivity index (χ2v) is 4.02. The van der Waals surface area contributed by atoms with Crippen LogP contribution in [0.3, 0.4) is 0 Å². The summed E-state index contributed by atoms with van der Waals surface area (Å²) < 4.78 is 5.14. The van der Waals surface area contributed by atoms with Gasteiger partial charge in [-0.05, 0) is 0 Å². The van der Waals surface area contributed by atoms with Crippen LogP contribution in [0.1, 0.15) is 6.42 Å². The minimum atomic E-state index is -0.851. The second-order valence-electron chi connectivity index (χ2n) is 4.02. The molecule has 1 unspecified atom stereocenters. The van der Waals surface area contributed by atoms with Crippen molar-refractivity contribution in [3.8, 4) is 0 Å². The number of hydrogen-bond donors (Lipinski definition) is 5. The van der Waals surface area contributed by atoms with E-state index >= 15 is 0 Å². The van der Waals surface area contributed by atoms with Gasteiger partial charge in [0.2, 0.25) is 5.95 Å². The third-order valence-corrected chi connectivity index (χ3v) is 2.57. The van der Waals surface area contributed by atoms with E-state index in [2.05, 4.69) is 20.7 Å². The predicted molar refractivity (Wildman–Crippen MR) is 63.1 cm³/mol. The lowest BCUT2D eigenvalue weighted by atomic mass is 10.0. The maximum atomic E-state index is 10.0. The molecule has 0 radical (unpaired) electrons. The lowest BCUT2D eigenvalue weighted by Gasteiger charge is -2.21. The molecule has 2 rings (SSSR count). The van der Waals surface area contributed by atoms with Gasteiger partial charge in [-0.25, -0.2) is 5.84 Å². The Morgan fingerprint density at radius 3 is 2.88 bits per heavy atom. The first kappa shape index (κ1) is 11.8. The molecule has 1 atom stereocenters. The van der Waals surface area contributed by atoms with Crippen LogP contribution >= 0.6 is 0 Å². The van der Waals surface area contributed by atoms with Crippen molar-refractivity contribution in [2.24, 2.45) is 5.84 Å². The third-order valence-electron chi connectivity index (χ3n) is 2.57. The highest BCUT2D eigenvalue weighted by atomic mass is 16.5. The summed E-state index contributed by atoms with van der Waals surface area (Å²) in [5.74, 6) is 6.26. The van der Waals surface area contributed by atoms with E-state index in [1.54, 1.807) is 6.07 Å². The Kier molecular flexibility index (Phi) is 3.27. The Balaban J connectivity index is 2.00. The lowest BCUT2D eigenvalue weighted by molar-refractivity contribution is 0.0381. The largest absolute Gasteiger partial charge is 0.386 e. The number of nitrogens with zero attached hydrogens (tertiary/aromatic N) is 2. The SMILES string of the molecule is NNc1cc(NCC2(O)CCOC2)nc(N)n1. The summed E-state index contributed by atoms with van der Waals surface area (Å²) in [4.78, 5) is 7.83.